The van der Waals surface area contributed by atoms with Gasteiger partial charge < -0.3 is 9.26 Å². The van der Waals surface area contributed by atoms with Crippen molar-refractivity contribution < 1.29 is 28.5 Å². The molecule has 0 spiro atoms. The molecule has 9 heteroatoms. The first-order valence-corrected chi connectivity index (χ1v) is 6.10. The Morgan fingerprint density at radius 1 is 1.39 bits per heavy atom. The number of phosphoric ester groups is 1. The third-order valence-corrected chi connectivity index (χ3v) is 2.23. The normalized spacial score (nSPS) is 11.5. The third-order valence-electron chi connectivity index (χ3n) is 1.79. The first kappa shape index (κ1) is 14.2. The maximum absolute atomic E-state index is 10.7. The van der Waals surface area contributed by atoms with Crippen molar-refractivity contribution in [3.63, 3.8) is 0 Å². The number of nitrogens with zero attached hydrogens (tertiary/aromatic N) is 1. The van der Waals surface area contributed by atoms with Crippen LogP contribution in [0, 0.1) is 10.1 Å². The minimum absolute atomic E-state index is 0.0591. The van der Waals surface area contributed by atoms with Crippen molar-refractivity contribution in [2.24, 2.45) is 0 Å². The quantitative estimate of drug-likeness (QED) is 0.473. The molecule has 0 aliphatic rings. The number of benzene rings is 1. The number of hydrogen-bond donors (Lipinski definition) is 2. The Balaban J connectivity index is 3.04. The summed E-state index contributed by atoms with van der Waals surface area (Å²) in [5.74, 6) is -0.0899. The van der Waals surface area contributed by atoms with Gasteiger partial charge in [-0.15, -0.1) is 0 Å². The lowest BCUT2D eigenvalue weighted by atomic mass is 10.2. The van der Waals surface area contributed by atoms with Crippen LogP contribution in [0.5, 0.6) is 11.5 Å². The summed E-state index contributed by atoms with van der Waals surface area (Å²) in [6.07, 6.45) is 1.95. The summed E-state index contributed by atoms with van der Waals surface area (Å²) in [5, 5.41) is 10.1. The van der Waals surface area contributed by atoms with Crippen molar-refractivity contribution in [1.29, 1.82) is 0 Å². The lowest BCUT2D eigenvalue weighted by molar-refractivity contribution is -0.400. The Labute approximate surface area is 102 Å². The summed E-state index contributed by atoms with van der Waals surface area (Å²) in [7, 11) is -3.40. The molecule has 0 saturated carbocycles. The second-order valence-electron chi connectivity index (χ2n) is 3.09. The van der Waals surface area contributed by atoms with Gasteiger partial charge in [0.05, 0.1) is 12.0 Å². The van der Waals surface area contributed by atoms with E-state index in [-0.39, 0.29) is 11.5 Å². The summed E-state index contributed by atoms with van der Waals surface area (Å²) >= 11 is 0. The van der Waals surface area contributed by atoms with E-state index in [2.05, 4.69) is 4.52 Å². The highest BCUT2D eigenvalue weighted by Crippen LogP contribution is 2.42. The molecular weight excluding hydrogens is 265 g/mol. The highest BCUT2D eigenvalue weighted by molar-refractivity contribution is 7.46. The van der Waals surface area contributed by atoms with Crippen LogP contribution in [0.15, 0.2) is 24.4 Å². The molecule has 0 bridgehead atoms. The predicted octanol–water partition coefficient (Wildman–Crippen LogP) is 1.41. The summed E-state index contributed by atoms with van der Waals surface area (Å²) < 4.78 is 19.9. The number of ether oxygens (including phenoxy) is 1. The molecular formula is C9H10NO7P. The summed E-state index contributed by atoms with van der Waals surface area (Å²) in [6.45, 7) is 0. The molecule has 98 valence electrons. The van der Waals surface area contributed by atoms with Gasteiger partial charge >= 0.3 is 7.82 Å². The van der Waals surface area contributed by atoms with Crippen molar-refractivity contribution >= 4 is 13.9 Å². The Morgan fingerprint density at radius 2 is 2.06 bits per heavy atom. The van der Waals surface area contributed by atoms with Crippen LogP contribution >= 0.6 is 7.82 Å². The fourth-order valence-corrected chi connectivity index (χ4v) is 1.55. The SMILES string of the molecule is COc1cc(C=C[N+](=O)[O-])ccc1OP(=O)(O)O. The second kappa shape index (κ2) is 5.63. The molecule has 0 unspecified atom stereocenters. The largest absolute Gasteiger partial charge is 0.524 e. The minimum Gasteiger partial charge on any atom is -0.493 e. The first-order chi connectivity index (χ1) is 8.31. The van der Waals surface area contributed by atoms with Gasteiger partial charge in [-0.2, -0.15) is 0 Å². The Hall–Kier alpha value is -1.89. The van der Waals surface area contributed by atoms with Gasteiger partial charge in [0.2, 0.25) is 6.20 Å². The predicted molar refractivity (Wildman–Crippen MR) is 61.7 cm³/mol. The van der Waals surface area contributed by atoms with Crippen LogP contribution in [0.4, 0.5) is 0 Å². The van der Waals surface area contributed by atoms with Gasteiger partial charge in [0.15, 0.2) is 11.5 Å². The smallest absolute Gasteiger partial charge is 0.493 e. The van der Waals surface area contributed by atoms with Crippen LogP contribution in [0.1, 0.15) is 5.56 Å². The molecule has 0 radical (unpaired) electrons. The van der Waals surface area contributed by atoms with Gasteiger partial charge in [-0.25, -0.2) is 4.57 Å². The van der Waals surface area contributed by atoms with E-state index in [0.717, 1.165) is 6.20 Å². The molecule has 0 amide bonds. The van der Waals surface area contributed by atoms with Crippen molar-refractivity contribution in [3.05, 3.63) is 40.1 Å². The highest BCUT2D eigenvalue weighted by Gasteiger charge is 2.18. The molecule has 0 saturated heterocycles. The van der Waals surface area contributed by atoms with Gasteiger partial charge in [0.25, 0.3) is 0 Å². The zero-order valence-electron chi connectivity index (χ0n) is 9.22. The molecule has 0 aliphatic heterocycles. The molecule has 0 atom stereocenters. The summed E-state index contributed by atoms with van der Waals surface area (Å²) in [5.41, 5.74) is 0.432. The first-order valence-electron chi connectivity index (χ1n) is 4.57. The Morgan fingerprint density at radius 3 is 2.56 bits per heavy atom. The van der Waals surface area contributed by atoms with E-state index in [0.29, 0.717) is 5.56 Å². The van der Waals surface area contributed by atoms with Crippen molar-refractivity contribution in [3.8, 4) is 11.5 Å². The molecule has 18 heavy (non-hydrogen) atoms. The molecule has 0 aliphatic carbocycles. The Bertz CT molecular complexity index is 522. The minimum atomic E-state index is -4.68. The van der Waals surface area contributed by atoms with Crippen LogP contribution in [-0.4, -0.2) is 21.8 Å². The molecule has 2 N–H and O–H groups in total. The summed E-state index contributed by atoms with van der Waals surface area (Å²) in [6, 6.07) is 4.00. The van der Waals surface area contributed by atoms with Crippen molar-refractivity contribution in [2.75, 3.05) is 7.11 Å². The maximum Gasteiger partial charge on any atom is 0.524 e. The zero-order chi connectivity index (χ0) is 13.8. The van der Waals surface area contributed by atoms with Crippen molar-refractivity contribution in [2.45, 2.75) is 0 Å². The van der Waals surface area contributed by atoms with E-state index >= 15 is 0 Å². The third kappa shape index (κ3) is 4.54. The lowest BCUT2D eigenvalue weighted by Crippen LogP contribution is -1.94. The maximum atomic E-state index is 10.7. The monoisotopic (exact) mass is 275 g/mol. The van der Waals surface area contributed by atoms with E-state index in [1.807, 2.05) is 0 Å². The fourth-order valence-electron chi connectivity index (χ4n) is 1.14. The van der Waals surface area contributed by atoms with Crippen LogP contribution in [0.2, 0.25) is 0 Å². The lowest BCUT2D eigenvalue weighted by Gasteiger charge is -2.11. The molecule has 1 aromatic rings. The molecule has 0 aromatic heterocycles. The molecule has 0 heterocycles. The van der Waals surface area contributed by atoms with Crippen LogP contribution in [0.3, 0.4) is 0 Å². The van der Waals surface area contributed by atoms with E-state index in [1.165, 1.54) is 31.4 Å². The van der Waals surface area contributed by atoms with Crippen LogP contribution in [0.25, 0.3) is 6.08 Å². The number of nitro groups is 1. The number of hydrogen-bond acceptors (Lipinski definition) is 5. The standard InChI is InChI=1S/C9H10NO7P/c1-16-9-6-7(4-5-10(11)12)2-3-8(9)17-18(13,14)15/h2-6H,1H3,(H2,13,14,15). The van der Waals surface area contributed by atoms with Crippen LogP contribution in [-0.2, 0) is 4.57 Å². The highest BCUT2D eigenvalue weighted by atomic mass is 31.2. The summed E-state index contributed by atoms with van der Waals surface area (Å²) in [4.78, 5) is 26.8. The average Bonchev–Trinajstić information content (AvgIpc) is 2.25. The van der Waals surface area contributed by atoms with Crippen molar-refractivity contribution in [1.82, 2.24) is 0 Å². The molecule has 8 nitrogen and oxygen atoms in total. The molecule has 1 aromatic carbocycles. The van der Waals surface area contributed by atoms with Gasteiger partial charge in [0.1, 0.15) is 0 Å². The fraction of sp³-hybridized carbons (Fsp3) is 0.111. The van der Waals surface area contributed by atoms with Gasteiger partial charge in [0, 0.05) is 6.08 Å². The van der Waals surface area contributed by atoms with E-state index in [9.17, 15) is 14.7 Å². The number of phosphoric acid groups is 1. The molecule has 0 fully saturated rings. The zero-order valence-corrected chi connectivity index (χ0v) is 10.1. The number of methoxy groups -OCH3 is 1. The van der Waals surface area contributed by atoms with Gasteiger partial charge in [-0.05, 0) is 17.7 Å². The Kier molecular flexibility index (Phi) is 4.43. The topological polar surface area (TPSA) is 119 Å². The van der Waals surface area contributed by atoms with Crippen LogP contribution < -0.4 is 9.26 Å². The van der Waals surface area contributed by atoms with E-state index < -0.39 is 12.7 Å². The van der Waals surface area contributed by atoms with Gasteiger partial charge in [-0.1, -0.05) is 6.07 Å². The average molecular weight is 275 g/mol. The number of rotatable bonds is 5. The van der Waals surface area contributed by atoms with Gasteiger partial charge in [-0.3, -0.25) is 19.9 Å². The van der Waals surface area contributed by atoms with E-state index in [1.54, 1.807) is 0 Å². The molecule has 1 rings (SSSR count). The second-order valence-corrected chi connectivity index (χ2v) is 4.26. The van der Waals surface area contributed by atoms with E-state index in [4.69, 9.17) is 14.5 Å².